The van der Waals surface area contributed by atoms with Crippen LogP contribution in [-0.4, -0.2) is 51.9 Å². The first kappa shape index (κ1) is 18.1. The number of alkyl halides is 3. The predicted octanol–water partition coefficient (Wildman–Crippen LogP) is 2.55. The standard InChI is InChI=1S/C17H18F3N5O/c1-12-10-23-14(11-22-12)16(26)25-7-3-6-24(8-9-25)15-13(17(18,19)20)4-2-5-21-15/h2,4-5,10-11H,3,6-9H2,1H3. The second-order valence-electron chi connectivity index (χ2n) is 6.05. The van der Waals surface area contributed by atoms with Gasteiger partial charge >= 0.3 is 6.18 Å². The number of pyridine rings is 1. The SMILES string of the molecule is Cc1cnc(C(=O)N2CCCN(c3ncccc3C(F)(F)F)CC2)cn1. The number of anilines is 1. The molecule has 6 nitrogen and oxygen atoms in total. The molecule has 26 heavy (non-hydrogen) atoms. The third-order valence-corrected chi connectivity index (χ3v) is 4.17. The highest BCUT2D eigenvalue weighted by atomic mass is 19.4. The maximum Gasteiger partial charge on any atom is 0.419 e. The first-order valence-corrected chi connectivity index (χ1v) is 8.21. The second kappa shape index (κ2) is 7.27. The molecule has 0 saturated carbocycles. The zero-order chi connectivity index (χ0) is 18.7. The molecule has 0 bridgehead atoms. The summed E-state index contributed by atoms with van der Waals surface area (Å²) in [6, 6.07) is 2.30. The minimum absolute atomic E-state index is 0.0931. The van der Waals surface area contributed by atoms with E-state index in [1.54, 1.807) is 16.7 Å². The van der Waals surface area contributed by atoms with Crippen LogP contribution < -0.4 is 4.90 Å². The van der Waals surface area contributed by atoms with Gasteiger partial charge in [-0.3, -0.25) is 9.78 Å². The van der Waals surface area contributed by atoms with Gasteiger partial charge in [-0.25, -0.2) is 9.97 Å². The van der Waals surface area contributed by atoms with Crippen LogP contribution in [0.3, 0.4) is 0 Å². The summed E-state index contributed by atoms with van der Waals surface area (Å²) in [6.07, 6.45) is 0.351. The summed E-state index contributed by atoms with van der Waals surface area (Å²) in [7, 11) is 0. The molecule has 0 aliphatic carbocycles. The molecule has 0 spiro atoms. The van der Waals surface area contributed by atoms with Crippen molar-refractivity contribution in [3.63, 3.8) is 0 Å². The lowest BCUT2D eigenvalue weighted by atomic mass is 10.2. The van der Waals surface area contributed by atoms with Gasteiger partial charge in [0.15, 0.2) is 0 Å². The molecule has 0 unspecified atom stereocenters. The quantitative estimate of drug-likeness (QED) is 0.819. The molecule has 0 atom stereocenters. The van der Waals surface area contributed by atoms with Crippen molar-refractivity contribution >= 4 is 11.7 Å². The van der Waals surface area contributed by atoms with Crippen molar-refractivity contribution in [3.05, 3.63) is 47.7 Å². The molecule has 9 heteroatoms. The number of hydrogen-bond acceptors (Lipinski definition) is 5. The average Bonchev–Trinajstić information content (AvgIpc) is 2.87. The molecular weight excluding hydrogens is 347 g/mol. The van der Waals surface area contributed by atoms with Crippen LogP contribution in [0.4, 0.5) is 19.0 Å². The number of hydrogen-bond donors (Lipinski definition) is 0. The molecule has 1 aliphatic rings. The third-order valence-electron chi connectivity index (χ3n) is 4.17. The molecule has 0 N–H and O–H groups in total. The van der Waals surface area contributed by atoms with E-state index in [1.165, 1.54) is 24.7 Å². The third kappa shape index (κ3) is 3.92. The van der Waals surface area contributed by atoms with Gasteiger partial charge in [0.05, 0.1) is 17.5 Å². The molecule has 1 fully saturated rings. The van der Waals surface area contributed by atoms with Crippen LogP contribution >= 0.6 is 0 Å². The number of nitrogens with zero attached hydrogens (tertiary/aromatic N) is 5. The Morgan fingerprint density at radius 1 is 1.08 bits per heavy atom. The summed E-state index contributed by atoms with van der Waals surface area (Å²) in [5.41, 5.74) is 0.181. The average molecular weight is 365 g/mol. The molecule has 138 valence electrons. The van der Waals surface area contributed by atoms with E-state index in [1.807, 2.05) is 0 Å². The highest BCUT2D eigenvalue weighted by Gasteiger charge is 2.36. The summed E-state index contributed by atoms with van der Waals surface area (Å²) in [4.78, 5) is 27.8. The Balaban J connectivity index is 1.75. The fraction of sp³-hybridized carbons (Fsp3) is 0.412. The van der Waals surface area contributed by atoms with Crippen LogP contribution in [0.1, 0.15) is 28.2 Å². The van der Waals surface area contributed by atoms with E-state index in [0.29, 0.717) is 31.7 Å². The molecule has 2 aromatic rings. The van der Waals surface area contributed by atoms with Crippen LogP contribution in [0.25, 0.3) is 0 Å². The Bertz CT molecular complexity index is 779. The summed E-state index contributed by atoms with van der Waals surface area (Å²) >= 11 is 0. The monoisotopic (exact) mass is 365 g/mol. The highest BCUT2D eigenvalue weighted by molar-refractivity contribution is 5.92. The van der Waals surface area contributed by atoms with E-state index in [0.717, 1.165) is 6.07 Å². The zero-order valence-electron chi connectivity index (χ0n) is 14.2. The molecule has 0 aromatic carbocycles. The summed E-state index contributed by atoms with van der Waals surface area (Å²) in [6.45, 7) is 3.17. The Labute approximate surface area is 148 Å². The van der Waals surface area contributed by atoms with Crippen molar-refractivity contribution in [3.8, 4) is 0 Å². The molecule has 1 saturated heterocycles. The van der Waals surface area contributed by atoms with Gasteiger partial charge in [-0.2, -0.15) is 13.2 Å². The van der Waals surface area contributed by atoms with Gasteiger partial charge in [0.25, 0.3) is 5.91 Å². The van der Waals surface area contributed by atoms with Gasteiger partial charge in [-0.15, -0.1) is 0 Å². The molecule has 1 amide bonds. The van der Waals surface area contributed by atoms with Gasteiger partial charge in [-0.1, -0.05) is 0 Å². The van der Waals surface area contributed by atoms with Crippen molar-refractivity contribution in [1.29, 1.82) is 0 Å². The molecule has 3 rings (SSSR count). The highest BCUT2D eigenvalue weighted by Crippen LogP contribution is 2.35. The fourth-order valence-corrected chi connectivity index (χ4v) is 2.87. The number of amides is 1. The Hall–Kier alpha value is -2.71. The van der Waals surface area contributed by atoms with Gasteiger partial charge < -0.3 is 9.80 Å². The minimum Gasteiger partial charge on any atom is -0.354 e. The predicted molar refractivity (Wildman–Crippen MR) is 88.7 cm³/mol. The van der Waals surface area contributed by atoms with Gasteiger partial charge in [0, 0.05) is 38.6 Å². The van der Waals surface area contributed by atoms with E-state index in [4.69, 9.17) is 0 Å². The Kier molecular flexibility index (Phi) is 5.06. The molecule has 2 aromatic heterocycles. The van der Waals surface area contributed by atoms with Gasteiger partial charge in [-0.05, 0) is 25.5 Å². The minimum atomic E-state index is -4.47. The normalized spacial score (nSPS) is 15.7. The van der Waals surface area contributed by atoms with Crippen molar-refractivity contribution in [2.45, 2.75) is 19.5 Å². The van der Waals surface area contributed by atoms with Gasteiger partial charge in [0.2, 0.25) is 0 Å². The van der Waals surface area contributed by atoms with Crippen LogP contribution in [0.5, 0.6) is 0 Å². The Morgan fingerprint density at radius 3 is 2.58 bits per heavy atom. The van der Waals surface area contributed by atoms with E-state index in [9.17, 15) is 18.0 Å². The first-order valence-electron chi connectivity index (χ1n) is 8.21. The van der Waals surface area contributed by atoms with Crippen molar-refractivity contribution in [2.75, 3.05) is 31.1 Å². The zero-order valence-corrected chi connectivity index (χ0v) is 14.2. The lowest BCUT2D eigenvalue weighted by Gasteiger charge is -2.25. The summed E-state index contributed by atoms with van der Waals surface area (Å²) < 4.78 is 39.7. The Morgan fingerprint density at radius 2 is 1.88 bits per heavy atom. The van der Waals surface area contributed by atoms with Gasteiger partial charge in [0.1, 0.15) is 11.5 Å². The summed E-state index contributed by atoms with van der Waals surface area (Å²) in [5.74, 6) is -0.360. The number of aromatic nitrogens is 3. The maximum absolute atomic E-state index is 13.2. The largest absolute Gasteiger partial charge is 0.419 e. The van der Waals surface area contributed by atoms with E-state index in [-0.39, 0.29) is 24.0 Å². The lowest BCUT2D eigenvalue weighted by Crippen LogP contribution is -2.36. The van der Waals surface area contributed by atoms with Crippen LogP contribution in [0.2, 0.25) is 0 Å². The smallest absolute Gasteiger partial charge is 0.354 e. The van der Waals surface area contributed by atoms with Crippen LogP contribution in [0.15, 0.2) is 30.7 Å². The first-order chi connectivity index (χ1) is 12.4. The van der Waals surface area contributed by atoms with E-state index >= 15 is 0 Å². The molecule has 1 aliphatic heterocycles. The molecule has 3 heterocycles. The number of halogens is 3. The van der Waals surface area contributed by atoms with Crippen molar-refractivity contribution in [1.82, 2.24) is 19.9 Å². The van der Waals surface area contributed by atoms with E-state index < -0.39 is 11.7 Å². The maximum atomic E-state index is 13.2. The number of aryl methyl sites for hydroxylation is 1. The number of carbonyl (C=O) groups is 1. The number of rotatable bonds is 2. The molecular formula is C17H18F3N5O. The van der Waals surface area contributed by atoms with Crippen LogP contribution in [0, 0.1) is 6.92 Å². The molecule has 0 radical (unpaired) electrons. The summed E-state index contributed by atoms with van der Waals surface area (Å²) in [5, 5.41) is 0. The van der Waals surface area contributed by atoms with Crippen LogP contribution in [-0.2, 0) is 6.18 Å². The topological polar surface area (TPSA) is 62.2 Å². The number of carbonyl (C=O) groups excluding carboxylic acids is 1. The lowest BCUT2D eigenvalue weighted by molar-refractivity contribution is -0.137. The van der Waals surface area contributed by atoms with Crippen molar-refractivity contribution in [2.24, 2.45) is 0 Å². The van der Waals surface area contributed by atoms with Crippen molar-refractivity contribution < 1.29 is 18.0 Å². The fourth-order valence-electron chi connectivity index (χ4n) is 2.87. The van der Waals surface area contributed by atoms with E-state index in [2.05, 4.69) is 15.0 Å². The second-order valence-corrected chi connectivity index (χ2v) is 6.05.